The normalized spacial score (nSPS) is 9.95. The first-order valence-electron chi connectivity index (χ1n) is 6.09. The Morgan fingerprint density at radius 3 is 2.50 bits per heavy atom. The Bertz CT molecular complexity index is 612. The largest absolute Gasteiger partial charge is 0.493 e. The lowest BCUT2D eigenvalue weighted by Crippen LogP contribution is -2.14. The van der Waals surface area contributed by atoms with Gasteiger partial charge in [0.05, 0.1) is 26.1 Å². The summed E-state index contributed by atoms with van der Waals surface area (Å²) in [6.45, 7) is 1.85. The number of carbonyl (C=O) groups excluding carboxylic acids is 1. The van der Waals surface area contributed by atoms with Gasteiger partial charge in [-0.3, -0.25) is 9.78 Å². The average Bonchev–Trinajstić information content (AvgIpc) is 2.47. The zero-order chi connectivity index (χ0) is 14.5. The van der Waals surface area contributed by atoms with Crippen molar-refractivity contribution in [3.05, 3.63) is 47.8 Å². The van der Waals surface area contributed by atoms with Gasteiger partial charge >= 0.3 is 0 Å². The fourth-order valence-electron chi connectivity index (χ4n) is 1.86. The molecule has 0 atom stereocenters. The number of anilines is 1. The van der Waals surface area contributed by atoms with E-state index < -0.39 is 0 Å². The number of methoxy groups -OCH3 is 2. The topological polar surface area (TPSA) is 60.5 Å². The number of carbonyl (C=O) groups is 1. The predicted octanol–water partition coefficient (Wildman–Crippen LogP) is 2.66. The lowest BCUT2D eigenvalue weighted by Gasteiger charge is -2.12. The van der Waals surface area contributed by atoms with E-state index in [0.717, 1.165) is 5.56 Å². The molecule has 0 saturated carbocycles. The molecule has 2 aromatic rings. The number of hydrogen-bond donors (Lipinski definition) is 1. The number of benzene rings is 1. The number of nitrogens with zero attached hydrogens (tertiary/aromatic N) is 1. The van der Waals surface area contributed by atoms with Crippen molar-refractivity contribution in [3.8, 4) is 11.5 Å². The third-order valence-electron chi connectivity index (χ3n) is 2.89. The minimum atomic E-state index is -0.212. The van der Waals surface area contributed by atoms with Crippen LogP contribution in [0, 0.1) is 6.92 Å². The zero-order valence-electron chi connectivity index (χ0n) is 11.6. The molecule has 0 spiro atoms. The summed E-state index contributed by atoms with van der Waals surface area (Å²) in [5.41, 5.74) is 1.99. The number of pyridine rings is 1. The number of aryl methyl sites for hydroxylation is 1. The first-order chi connectivity index (χ1) is 9.65. The number of aromatic nitrogens is 1. The maximum absolute atomic E-state index is 12.3. The molecule has 2 rings (SSSR count). The summed E-state index contributed by atoms with van der Waals surface area (Å²) in [4.78, 5) is 16.2. The Kier molecular flexibility index (Phi) is 4.20. The summed E-state index contributed by atoms with van der Waals surface area (Å²) in [5, 5.41) is 2.79. The van der Waals surface area contributed by atoms with Gasteiger partial charge in [-0.25, -0.2) is 0 Å². The van der Waals surface area contributed by atoms with Crippen LogP contribution in [0.25, 0.3) is 0 Å². The predicted molar refractivity (Wildman–Crippen MR) is 76.5 cm³/mol. The lowest BCUT2D eigenvalue weighted by molar-refractivity contribution is 0.102. The van der Waals surface area contributed by atoms with Gasteiger partial charge in [-0.05, 0) is 36.8 Å². The molecule has 20 heavy (non-hydrogen) atoms. The summed E-state index contributed by atoms with van der Waals surface area (Å²) in [5.74, 6) is 0.911. The van der Waals surface area contributed by atoms with Crippen molar-refractivity contribution in [3.63, 3.8) is 0 Å². The number of ether oxygens (including phenoxy) is 2. The number of hydrogen-bond acceptors (Lipinski definition) is 4. The minimum absolute atomic E-state index is 0.212. The van der Waals surface area contributed by atoms with Crippen LogP contribution in [0.1, 0.15) is 15.9 Å². The van der Waals surface area contributed by atoms with Gasteiger partial charge in [-0.2, -0.15) is 0 Å². The molecule has 0 aliphatic heterocycles. The summed E-state index contributed by atoms with van der Waals surface area (Å²) < 4.78 is 10.4. The summed E-state index contributed by atoms with van der Waals surface area (Å²) in [7, 11) is 3.10. The van der Waals surface area contributed by atoms with E-state index in [1.807, 2.05) is 6.92 Å². The smallest absolute Gasteiger partial charge is 0.256 e. The molecule has 5 nitrogen and oxygen atoms in total. The Morgan fingerprint density at radius 1 is 1.20 bits per heavy atom. The highest BCUT2D eigenvalue weighted by Crippen LogP contribution is 2.30. The van der Waals surface area contributed by atoms with Crippen LogP contribution >= 0.6 is 0 Å². The maximum atomic E-state index is 12.3. The van der Waals surface area contributed by atoms with Gasteiger partial charge in [0, 0.05) is 11.8 Å². The molecule has 1 aromatic carbocycles. The first kappa shape index (κ1) is 13.9. The van der Waals surface area contributed by atoms with Gasteiger partial charge in [0.2, 0.25) is 0 Å². The van der Waals surface area contributed by atoms with Crippen molar-refractivity contribution in [2.75, 3.05) is 19.5 Å². The molecule has 0 saturated heterocycles. The van der Waals surface area contributed by atoms with Crippen LogP contribution in [0.5, 0.6) is 11.5 Å². The van der Waals surface area contributed by atoms with Gasteiger partial charge < -0.3 is 14.8 Å². The molecular formula is C15H16N2O3. The van der Waals surface area contributed by atoms with E-state index in [4.69, 9.17) is 9.47 Å². The molecule has 0 aliphatic rings. The highest BCUT2D eigenvalue weighted by molar-refractivity contribution is 6.05. The Morgan fingerprint density at radius 2 is 1.90 bits per heavy atom. The molecule has 104 valence electrons. The van der Waals surface area contributed by atoms with Crippen LogP contribution in [0.4, 0.5) is 5.69 Å². The quantitative estimate of drug-likeness (QED) is 0.929. The van der Waals surface area contributed by atoms with Crippen LogP contribution < -0.4 is 14.8 Å². The van der Waals surface area contributed by atoms with Crippen LogP contribution in [-0.2, 0) is 0 Å². The molecule has 0 unspecified atom stereocenters. The fraction of sp³-hybridized carbons (Fsp3) is 0.200. The van der Waals surface area contributed by atoms with E-state index in [-0.39, 0.29) is 5.91 Å². The van der Waals surface area contributed by atoms with E-state index >= 15 is 0 Å². The second-order valence-corrected chi connectivity index (χ2v) is 4.22. The molecule has 1 N–H and O–H groups in total. The van der Waals surface area contributed by atoms with Crippen LogP contribution in [0.15, 0.2) is 36.7 Å². The molecule has 1 amide bonds. The second kappa shape index (κ2) is 6.06. The second-order valence-electron chi connectivity index (χ2n) is 4.22. The number of rotatable bonds is 4. The summed E-state index contributed by atoms with van der Waals surface area (Å²) in [6.07, 6.45) is 3.24. The zero-order valence-corrected chi connectivity index (χ0v) is 11.6. The molecule has 5 heteroatoms. The molecule has 1 aromatic heterocycles. The van der Waals surface area contributed by atoms with Crippen molar-refractivity contribution in [1.29, 1.82) is 0 Å². The Hall–Kier alpha value is -2.56. The van der Waals surface area contributed by atoms with Gasteiger partial charge in [-0.1, -0.05) is 0 Å². The third kappa shape index (κ3) is 2.88. The number of amides is 1. The van der Waals surface area contributed by atoms with Gasteiger partial charge in [-0.15, -0.1) is 0 Å². The van der Waals surface area contributed by atoms with E-state index in [9.17, 15) is 4.79 Å². The maximum Gasteiger partial charge on any atom is 0.256 e. The molecule has 0 radical (unpaired) electrons. The molecule has 1 heterocycles. The van der Waals surface area contributed by atoms with Crippen LogP contribution in [-0.4, -0.2) is 25.1 Å². The van der Waals surface area contributed by atoms with Crippen molar-refractivity contribution >= 4 is 11.6 Å². The third-order valence-corrected chi connectivity index (χ3v) is 2.89. The summed E-state index contributed by atoms with van der Waals surface area (Å²) >= 11 is 0. The molecule has 0 aliphatic carbocycles. The monoisotopic (exact) mass is 272 g/mol. The van der Waals surface area contributed by atoms with E-state index in [1.165, 1.54) is 7.11 Å². The standard InChI is InChI=1S/C15H16N2O3/c1-10-7-13(19-2)14(20-3)8-12(10)15(18)17-11-5-4-6-16-9-11/h4-9H,1-3H3,(H,17,18). The minimum Gasteiger partial charge on any atom is -0.493 e. The Labute approximate surface area is 117 Å². The van der Waals surface area contributed by atoms with Crippen molar-refractivity contribution in [2.24, 2.45) is 0 Å². The summed E-state index contributed by atoms with van der Waals surface area (Å²) in [6, 6.07) is 6.98. The van der Waals surface area contributed by atoms with Gasteiger partial charge in [0.1, 0.15) is 0 Å². The lowest BCUT2D eigenvalue weighted by atomic mass is 10.1. The highest BCUT2D eigenvalue weighted by Gasteiger charge is 2.14. The molecule has 0 bridgehead atoms. The SMILES string of the molecule is COc1cc(C)c(C(=O)Nc2cccnc2)cc1OC. The average molecular weight is 272 g/mol. The van der Waals surface area contributed by atoms with E-state index in [2.05, 4.69) is 10.3 Å². The Balaban J connectivity index is 2.30. The molecule has 0 fully saturated rings. The van der Waals surface area contributed by atoms with E-state index in [1.54, 1.807) is 43.8 Å². The van der Waals surface area contributed by atoms with E-state index in [0.29, 0.717) is 22.7 Å². The van der Waals surface area contributed by atoms with Crippen LogP contribution in [0.3, 0.4) is 0 Å². The fourth-order valence-corrected chi connectivity index (χ4v) is 1.86. The first-order valence-corrected chi connectivity index (χ1v) is 6.09. The highest BCUT2D eigenvalue weighted by atomic mass is 16.5. The van der Waals surface area contributed by atoms with Crippen LogP contribution in [0.2, 0.25) is 0 Å². The van der Waals surface area contributed by atoms with Crippen molar-refractivity contribution in [1.82, 2.24) is 4.98 Å². The van der Waals surface area contributed by atoms with Crippen molar-refractivity contribution < 1.29 is 14.3 Å². The van der Waals surface area contributed by atoms with Gasteiger partial charge in [0.25, 0.3) is 5.91 Å². The molecular weight excluding hydrogens is 256 g/mol. The van der Waals surface area contributed by atoms with Gasteiger partial charge in [0.15, 0.2) is 11.5 Å². The number of nitrogens with one attached hydrogen (secondary N) is 1. The van der Waals surface area contributed by atoms with Crippen molar-refractivity contribution in [2.45, 2.75) is 6.92 Å².